The van der Waals surface area contributed by atoms with Gasteiger partial charge in [-0.25, -0.2) is 0 Å². The van der Waals surface area contributed by atoms with Gasteiger partial charge in [-0.05, 0) is 209 Å². The predicted octanol–water partition coefficient (Wildman–Crippen LogP) is 40.5. The van der Waals surface area contributed by atoms with Gasteiger partial charge in [-0.3, -0.25) is 0 Å². The first-order chi connectivity index (χ1) is 73.9. The van der Waals surface area contributed by atoms with Gasteiger partial charge in [0, 0.05) is 128 Å². The number of hydrogen-bond acceptors (Lipinski definition) is 10. The molecule has 0 atom stereocenters. The van der Waals surface area contributed by atoms with Crippen LogP contribution in [0.5, 0.6) is 0 Å². The van der Waals surface area contributed by atoms with Crippen LogP contribution in [-0.2, 0) is 0 Å². The highest BCUT2D eigenvalue weighted by atomic mass is 32.1. The van der Waals surface area contributed by atoms with Crippen LogP contribution in [0.4, 0.5) is 51.2 Å². The van der Waals surface area contributed by atoms with Crippen molar-refractivity contribution in [2.45, 2.75) is 0 Å². The summed E-state index contributed by atoms with van der Waals surface area (Å²) >= 11 is 5.61. The fraction of sp³-hybridized carbons (Fsp3) is 0. The maximum absolute atomic E-state index is 6.42. The quantitative estimate of drug-likeness (QED) is 0.107. The number of hydrogen-bond donors (Lipinski definition) is 0. The van der Waals surface area contributed by atoms with Gasteiger partial charge in [-0.1, -0.05) is 322 Å². The van der Waals surface area contributed by atoms with E-state index in [4.69, 9.17) is 17.7 Å². The van der Waals surface area contributed by atoms with Crippen LogP contribution in [-0.4, -0.2) is 13.7 Å². The van der Waals surface area contributed by atoms with E-state index in [9.17, 15) is 0 Å². The van der Waals surface area contributed by atoms with Crippen LogP contribution in [0.1, 0.15) is 0 Å². The van der Waals surface area contributed by atoms with Crippen molar-refractivity contribution in [2.75, 3.05) is 14.7 Å². The minimum Gasteiger partial charge on any atom is -0.456 e. The van der Waals surface area contributed by atoms with Crippen LogP contribution < -0.4 is 14.7 Å². The van der Waals surface area contributed by atoms with Gasteiger partial charge in [0.05, 0.1) is 89.4 Å². The summed E-state index contributed by atoms with van der Waals surface area (Å²) in [5, 5.41) is 18.9. The number of aromatic nitrogens is 3. The Labute approximate surface area is 865 Å². The molecule has 22 aromatic carbocycles. The van der Waals surface area contributed by atoms with Crippen molar-refractivity contribution >= 4 is 277 Å². The monoisotopic (exact) mass is 1960 g/mol. The number of furan rings is 4. The standard InChI is InChI=1S/C48H30N2OS.C44H26N2O2S.C44H28N2OS/c1-2-14-33(15-3-1)50-42-21-8-6-18-39(42)48-46(50)40-20-11-22-43(47(40)52-48)49(35-28-29-45-41(30-35)38-17-7-9-23-44(38)51-45)34-26-24-32(25-27-34)37-19-10-13-31-12-4-5-16-36(31)37;1-2-11-27(12-3-1)46-36-17-7-4-15-34(36)44-42(46)35-16-10-18-37(43(35)49-44)45(28-21-23-32-30-13-5-8-19-38(30)47-40(32)25-28)29-22-24-33-31-14-6-9-20-39(31)48-41(33)26-29;1-3-13-29(14-4-1)30-25-27-32(28-26-30)45(37-21-12-24-40-41(37)34-18-8-10-23-39(34)47-40)38-22-11-19-35-42-44(48-43(35)38)33-17-7-9-20-36(33)46(42)31-15-5-2-6-16-31/h1-30H;1-26H;1-28H. The van der Waals surface area contributed by atoms with Crippen LogP contribution in [0, 0.1) is 0 Å². The van der Waals surface area contributed by atoms with Crippen LogP contribution >= 0.6 is 34.0 Å². The Morgan fingerprint density at radius 2 is 0.470 bits per heavy atom. The van der Waals surface area contributed by atoms with Gasteiger partial charge >= 0.3 is 0 Å². The van der Waals surface area contributed by atoms with Crippen molar-refractivity contribution in [3.05, 3.63) is 510 Å². The molecule has 700 valence electrons. The second-order valence-electron chi connectivity index (χ2n) is 37.9. The van der Waals surface area contributed by atoms with Crippen molar-refractivity contribution < 1.29 is 17.7 Å². The molecule has 32 rings (SSSR count). The lowest BCUT2D eigenvalue weighted by atomic mass is 9.98. The fourth-order valence-electron chi connectivity index (χ4n) is 23.0. The minimum absolute atomic E-state index is 0.860. The number of anilines is 9. The molecule has 32 aromatic rings. The van der Waals surface area contributed by atoms with E-state index in [2.05, 4.69) is 496 Å². The van der Waals surface area contributed by atoms with Gasteiger partial charge in [-0.2, -0.15) is 0 Å². The van der Waals surface area contributed by atoms with Crippen LogP contribution in [0.25, 0.3) is 231 Å². The average Bonchev–Trinajstić information content (AvgIpc) is 1.56. The Morgan fingerprint density at radius 1 is 0.168 bits per heavy atom. The molecule has 0 N–H and O–H groups in total. The largest absolute Gasteiger partial charge is 0.456 e. The third-order valence-corrected chi connectivity index (χ3v) is 33.3. The zero-order chi connectivity index (χ0) is 97.8. The maximum atomic E-state index is 6.42. The lowest BCUT2D eigenvalue weighted by Gasteiger charge is -2.27. The number of rotatable bonds is 14. The normalized spacial score (nSPS) is 11.9. The highest BCUT2D eigenvalue weighted by Crippen LogP contribution is 2.56. The van der Waals surface area contributed by atoms with E-state index in [-0.39, 0.29) is 0 Å². The van der Waals surface area contributed by atoms with Crippen LogP contribution in [0.2, 0.25) is 0 Å². The van der Waals surface area contributed by atoms with Gasteiger partial charge in [0.2, 0.25) is 0 Å². The third kappa shape index (κ3) is 14.0. The Morgan fingerprint density at radius 3 is 0.960 bits per heavy atom. The van der Waals surface area contributed by atoms with Crippen LogP contribution in [0.15, 0.2) is 527 Å². The van der Waals surface area contributed by atoms with Crippen molar-refractivity contribution in [1.82, 2.24) is 13.7 Å². The van der Waals surface area contributed by atoms with E-state index in [1.807, 2.05) is 76.5 Å². The zero-order valence-electron chi connectivity index (χ0n) is 80.0. The summed E-state index contributed by atoms with van der Waals surface area (Å²) in [5.41, 5.74) is 32.5. The first kappa shape index (κ1) is 85.6. The SMILES string of the molecule is c1ccc(-c2ccc(N(c3cccc4c3sc3c5ccccc5n(-c5ccccc5)c43)c3cccc4oc5ccccc5c34)cc2)cc1.c1ccc(-n2c3ccccc3c3sc4c(N(c5ccc(-c6cccc7ccccc67)cc5)c5ccc6oc7ccccc7c6c5)cccc4c32)cc1.c1ccc(-n2c3ccccc3c3sc4c(N(c5ccc6c(c5)oc5ccccc56)c5ccc6c(c5)oc5ccccc56)cccc4c32)cc1. The summed E-state index contributed by atoms with van der Waals surface area (Å²) in [7, 11) is 0. The first-order valence-electron chi connectivity index (χ1n) is 50.2. The summed E-state index contributed by atoms with van der Waals surface area (Å²) in [6, 6.07) is 182. The second-order valence-corrected chi connectivity index (χ2v) is 41.0. The molecule has 0 saturated heterocycles. The van der Waals surface area contributed by atoms with E-state index in [0.29, 0.717) is 0 Å². The van der Waals surface area contributed by atoms with Crippen molar-refractivity contribution in [1.29, 1.82) is 0 Å². The smallest absolute Gasteiger partial charge is 0.137 e. The van der Waals surface area contributed by atoms with E-state index >= 15 is 0 Å². The highest BCUT2D eigenvalue weighted by molar-refractivity contribution is 7.28. The second kappa shape index (κ2) is 34.9. The Kier molecular flexibility index (Phi) is 20.0. The zero-order valence-corrected chi connectivity index (χ0v) is 82.5. The van der Waals surface area contributed by atoms with E-state index < -0.39 is 0 Å². The number of nitrogens with zero attached hydrogens (tertiary/aromatic N) is 6. The number of benzene rings is 22. The van der Waals surface area contributed by atoms with E-state index in [0.717, 1.165) is 156 Å². The van der Waals surface area contributed by atoms with Gasteiger partial charge in [0.25, 0.3) is 0 Å². The molecule has 149 heavy (non-hydrogen) atoms. The van der Waals surface area contributed by atoms with E-state index in [1.54, 1.807) is 0 Å². The fourth-order valence-corrected chi connectivity index (χ4v) is 26.9. The third-order valence-electron chi connectivity index (χ3n) is 29.6. The molecule has 10 heterocycles. The summed E-state index contributed by atoms with van der Waals surface area (Å²) in [6.45, 7) is 0. The van der Waals surface area contributed by atoms with E-state index in [1.165, 1.54) is 127 Å². The molecule has 0 amide bonds. The summed E-state index contributed by atoms with van der Waals surface area (Å²) < 4.78 is 40.4. The average molecular weight is 1960 g/mol. The number of fused-ring (bicyclic) bond motifs is 28. The molecule has 0 spiro atoms. The van der Waals surface area contributed by atoms with Crippen molar-refractivity contribution in [2.24, 2.45) is 0 Å². The molecule has 0 fully saturated rings. The highest BCUT2D eigenvalue weighted by Gasteiger charge is 2.31. The number of para-hydroxylation sites is 10. The predicted molar refractivity (Wildman–Crippen MR) is 630 cm³/mol. The van der Waals surface area contributed by atoms with Crippen molar-refractivity contribution in [3.8, 4) is 39.3 Å². The molecule has 0 aliphatic heterocycles. The molecule has 0 saturated carbocycles. The molecule has 0 aliphatic rings. The lowest BCUT2D eigenvalue weighted by molar-refractivity contribution is 0.668. The Hall–Kier alpha value is -19.0. The van der Waals surface area contributed by atoms with Gasteiger partial charge in [0.1, 0.15) is 44.7 Å². The minimum atomic E-state index is 0.860. The Bertz CT molecular complexity index is 10800. The number of thiophene rings is 3. The lowest BCUT2D eigenvalue weighted by Crippen LogP contribution is -2.10. The van der Waals surface area contributed by atoms with Gasteiger partial charge in [0.15, 0.2) is 0 Å². The molecule has 13 heteroatoms. The molecule has 0 aliphatic carbocycles. The van der Waals surface area contributed by atoms with Gasteiger partial charge in [-0.15, -0.1) is 34.0 Å². The molecule has 0 unspecified atom stereocenters. The molecule has 0 radical (unpaired) electrons. The van der Waals surface area contributed by atoms with Crippen molar-refractivity contribution in [3.63, 3.8) is 0 Å². The van der Waals surface area contributed by atoms with Crippen LogP contribution in [0.3, 0.4) is 0 Å². The maximum Gasteiger partial charge on any atom is 0.137 e. The van der Waals surface area contributed by atoms with Gasteiger partial charge < -0.3 is 46.1 Å². The summed E-state index contributed by atoms with van der Waals surface area (Å²) in [6.07, 6.45) is 0. The Balaban J connectivity index is 0.000000103. The molecule has 0 bridgehead atoms. The summed E-state index contributed by atoms with van der Waals surface area (Å²) in [5.74, 6) is 0. The summed E-state index contributed by atoms with van der Waals surface area (Å²) in [4.78, 5) is 7.19. The molecule has 10 aromatic heterocycles. The molecular formula is C136H84N6O4S3. The molecular weight excluding hydrogens is 1880 g/mol. The topological polar surface area (TPSA) is 77.1 Å². The molecule has 10 nitrogen and oxygen atoms in total. The first-order valence-corrected chi connectivity index (χ1v) is 52.7.